The fourth-order valence-electron chi connectivity index (χ4n) is 3.92. The summed E-state index contributed by atoms with van der Waals surface area (Å²) in [5.74, 6) is 0.912. The molecule has 0 aliphatic carbocycles. The summed E-state index contributed by atoms with van der Waals surface area (Å²) in [5, 5.41) is 0. The highest BCUT2D eigenvalue weighted by molar-refractivity contribution is 5.97. The monoisotopic (exact) mass is 338 g/mol. The van der Waals surface area contributed by atoms with Crippen molar-refractivity contribution in [3.8, 4) is 0 Å². The van der Waals surface area contributed by atoms with Gasteiger partial charge in [-0.25, -0.2) is 9.97 Å². The number of nitrogens with zero attached hydrogens (tertiary/aromatic N) is 4. The van der Waals surface area contributed by atoms with Gasteiger partial charge in [-0.05, 0) is 24.1 Å². The number of aromatic nitrogens is 2. The van der Waals surface area contributed by atoms with E-state index in [0.717, 1.165) is 25.2 Å². The van der Waals surface area contributed by atoms with Crippen LogP contribution in [0.1, 0.15) is 5.56 Å². The number of fused-ring (bicyclic) bond motifs is 1. The van der Waals surface area contributed by atoms with Crippen molar-refractivity contribution in [2.75, 3.05) is 43.2 Å². The van der Waals surface area contributed by atoms with Crippen LogP contribution in [-0.2, 0) is 16.0 Å². The Bertz CT molecular complexity index is 752. The van der Waals surface area contributed by atoms with E-state index in [-0.39, 0.29) is 17.7 Å². The van der Waals surface area contributed by atoms with Gasteiger partial charge in [-0.2, -0.15) is 0 Å². The van der Waals surface area contributed by atoms with Crippen molar-refractivity contribution >= 4 is 17.5 Å². The van der Waals surface area contributed by atoms with Gasteiger partial charge in [0, 0.05) is 50.7 Å². The van der Waals surface area contributed by atoms with Crippen molar-refractivity contribution in [1.29, 1.82) is 0 Å². The molecule has 130 valence electrons. The zero-order valence-electron chi connectivity index (χ0n) is 14.3. The smallest absolute Gasteiger partial charge is 0.232 e. The van der Waals surface area contributed by atoms with Crippen LogP contribution >= 0.6 is 0 Å². The van der Waals surface area contributed by atoms with Gasteiger partial charge in [-0.1, -0.05) is 18.2 Å². The predicted octanol–water partition coefficient (Wildman–Crippen LogP) is 1.76. The maximum Gasteiger partial charge on any atom is 0.232 e. The van der Waals surface area contributed by atoms with Crippen molar-refractivity contribution in [3.63, 3.8) is 0 Å². The summed E-state index contributed by atoms with van der Waals surface area (Å²) in [7, 11) is 1.69. The molecule has 25 heavy (non-hydrogen) atoms. The lowest BCUT2D eigenvalue weighted by Gasteiger charge is -2.24. The second kappa shape index (κ2) is 6.80. The molecule has 1 fully saturated rings. The Kier molecular flexibility index (Phi) is 4.36. The third-order valence-corrected chi connectivity index (χ3v) is 5.13. The first-order valence-corrected chi connectivity index (χ1v) is 8.68. The molecule has 2 aliphatic heterocycles. The highest BCUT2D eigenvalue weighted by atomic mass is 16.5. The molecule has 0 saturated carbocycles. The number of rotatable bonds is 4. The molecule has 0 bridgehead atoms. The summed E-state index contributed by atoms with van der Waals surface area (Å²) in [4.78, 5) is 26.0. The number of carbonyl (C=O) groups is 1. The Hall–Kier alpha value is -2.47. The molecule has 2 aliphatic rings. The molecule has 1 aromatic carbocycles. The largest absolute Gasteiger partial charge is 0.384 e. The van der Waals surface area contributed by atoms with Gasteiger partial charge in [-0.3, -0.25) is 4.79 Å². The minimum atomic E-state index is -0.102. The van der Waals surface area contributed by atoms with Crippen LogP contribution in [0, 0.1) is 11.8 Å². The molecule has 6 heteroatoms. The second-order valence-corrected chi connectivity index (χ2v) is 6.64. The van der Waals surface area contributed by atoms with Gasteiger partial charge in [-0.15, -0.1) is 0 Å². The first kappa shape index (κ1) is 16.0. The minimum absolute atomic E-state index is 0.102. The SMILES string of the molecule is COC[C@@H]1CN(c2ncccn2)C[C@H]1C(=O)N1CCc2ccccc21. The number of hydrogen-bond acceptors (Lipinski definition) is 5. The Morgan fingerprint density at radius 1 is 1.20 bits per heavy atom. The maximum atomic E-state index is 13.3. The van der Waals surface area contributed by atoms with E-state index in [2.05, 4.69) is 20.9 Å². The predicted molar refractivity (Wildman–Crippen MR) is 95.6 cm³/mol. The van der Waals surface area contributed by atoms with E-state index < -0.39 is 0 Å². The van der Waals surface area contributed by atoms with Gasteiger partial charge in [0.05, 0.1) is 12.5 Å². The van der Waals surface area contributed by atoms with Crippen LogP contribution in [0.25, 0.3) is 0 Å². The lowest BCUT2D eigenvalue weighted by atomic mass is 9.95. The topological polar surface area (TPSA) is 58.6 Å². The Labute approximate surface area is 147 Å². The lowest BCUT2D eigenvalue weighted by Crippen LogP contribution is -2.39. The number of carbonyl (C=O) groups excluding carboxylic acids is 1. The zero-order valence-corrected chi connectivity index (χ0v) is 14.3. The molecule has 0 unspecified atom stereocenters. The van der Waals surface area contributed by atoms with E-state index in [4.69, 9.17) is 4.74 Å². The summed E-state index contributed by atoms with van der Waals surface area (Å²) in [5.41, 5.74) is 2.30. The number of ether oxygens (including phenoxy) is 1. The highest BCUT2D eigenvalue weighted by Gasteiger charge is 2.41. The molecule has 2 aromatic rings. The first-order valence-electron chi connectivity index (χ1n) is 8.68. The molecule has 6 nitrogen and oxygen atoms in total. The first-order chi connectivity index (χ1) is 12.3. The fraction of sp³-hybridized carbons (Fsp3) is 0.421. The van der Waals surface area contributed by atoms with E-state index in [1.807, 2.05) is 23.1 Å². The molecule has 4 rings (SSSR count). The lowest BCUT2D eigenvalue weighted by molar-refractivity contribution is -0.123. The molecule has 2 atom stereocenters. The number of amides is 1. The van der Waals surface area contributed by atoms with Crippen LogP contribution in [0.4, 0.5) is 11.6 Å². The highest BCUT2D eigenvalue weighted by Crippen LogP contribution is 2.33. The van der Waals surface area contributed by atoms with E-state index in [1.165, 1.54) is 5.56 Å². The molecule has 1 amide bonds. The van der Waals surface area contributed by atoms with Gasteiger partial charge in [0.15, 0.2) is 0 Å². The molecule has 0 spiro atoms. The van der Waals surface area contributed by atoms with Crippen molar-refractivity contribution in [2.24, 2.45) is 11.8 Å². The number of benzene rings is 1. The van der Waals surface area contributed by atoms with E-state index >= 15 is 0 Å². The third kappa shape index (κ3) is 2.98. The van der Waals surface area contributed by atoms with Crippen molar-refractivity contribution < 1.29 is 9.53 Å². The average Bonchev–Trinajstić information content (AvgIpc) is 3.27. The van der Waals surface area contributed by atoms with Crippen LogP contribution in [0.15, 0.2) is 42.7 Å². The summed E-state index contributed by atoms with van der Waals surface area (Å²) in [6.07, 6.45) is 4.40. The molecule has 0 radical (unpaired) electrons. The van der Waals surface area contributed by atoms with Gasteiger partial charge in [0.1, 0.15) is 0 Å². The standard InChI is InChI=1S/C19H22N4O2/c1-25-13-15-11-22(19-20-8-4-9-21-19)12-16(15)18(24)23-10-7-14-5-2-3-6-17(14)23/h2-6,8-9,15-16H,7,10-13H2,1H3/t15-,16+/m0/s1. The van der Waals surface area contributed by atoms with Crippen molar-refractivity contribution in [2.45, 2.75) is 6.42 Å². The van der Waals surface area contributed by atoms with Gasteiger partial charge in [0.25, 0.3) is 0 Å². The van der Waals surface area contributed by atoms with Gasteiger partial charge >= 0.3 is 0 Å². The number of para-hydroxylation sites is 1. The Morgan fingerprint density at radius 3 is 2.80 bits per heavy atom. The number of anilines is 2. The van der Waals surface area contributed by atoms with Crippen LogP contribution in [0.2, 0.25) is 0 Å². The molecular formula is C19H22N4O2. The van der Waals surface area contributed by atoms with Crippen molar-refractivity contribution in [3.05, 3.63) is 48.3 Å². The average molecular weight is 338 g/mol. The molecule has 0 N–H and O–H groups in total. The number of methoxy groups -OCH3 is 1. The van der Waals surface area contributed by atoms with E-state index in [0.29, 0.717) is 19.1 Å². The van der Waals surface area contributed by atoms with E-state index in [9.17, 15) is 4.79 Å². The molecule has 3 heterocycles. The van der Waals surface area contributed by atoms with Gasteiger partial charge in [0.2, 0.25) is 11.9 Å². The normalized spacial score (nSPS) is 22.3. The zero-order chi connectivity index (χ0) is 17.2. The maximum absolute atomic E-state index is 13.3. The summed E-state index contributed by atoms with van der Waals surface area (Å²) in [6, 6.07) is 9.98. The molecular weight excluding hydrogens is 316 g/mol. The van der Waals surface area contributed by atoms with Crippen LogP contribution < -0.4 is 9.80 Å². The quantitative estimate of drug-likeness (QED) is 0.850. The van der Waals surface area contributed by atoms with E-state index in [1.54, 1.807) is 25.6 Å². The second-order valence-electron chi connectivity index (χ2n) is 6.64. The minimum Gasteiger partial charge on any atom is -0.384 e. The molecule has 1 saturated heterocycles. The number of hydrogen-bond donors (Lipinski definition) is 0. The third-order valence-electron chi connectivity index (χ3n) is 5.13. The van der Waals surface area contributed by atoms with Gasteiger partial charge < -0.3 is 14.5 Å². The summed E-state index contributed by atoms with van der Waals surface area (Å²) < 4.78 is 5.38. The van der Waals surface area contributed by atoms with Crippen molar-refractivity contribution in [1.82, 2.24) is 9.97 Å². The molecule has 1 aromatic heterocycles. The van der Waals surface area contributed by atoms with Crippen LogP contribution in [-0.4, -0.2) is 49.2 Å². The Morgan fingerprint density at radius 2 is 2.00 bits per heavy atom. The summed E-state index contributed by atoms with van der Waals surface area (Å²) in [6.45, 7) is 2.70. The Balaban J connectivity index is 1.56. The van der Waals surface area contributed by atoms with Crippen LogP contribution in [0.3, 0.4) is 0 Å². The summed E-state index contributed by atoms with van der Waals surface area (Å²) >= 11 is 0. The fourth-order valence-corrected chi connectivity index (χ4v) is 3.92. The van der Waals surface area contributed by atoms with Crippen LogP contribution in [0.5, 0.6) is 0 Å².